The van der Waals surface area contributed by atoms with Gasteiger partial charge in [0.05, 0.1) is 36.8 Å². The molecule has 4 atom stereocenters. The van der Waals surface area contributed by atoms with Crippen molar-refractivity contribution in [2.75, 3.05) is 13.1 Å². The summed E-state index contributed by atoms with van der Waals surface area (Å²) in [5.41, 5.74) is 1.38. The van der Waals surface area contributed by atoms with E-state index in [1.165, 1.54) is 9.80 Å². The molecule has 0 unspecified atom stereocenters. The molecule has 0 spiro atoms. The number of carboxylic acid groups (broad SMARTS) is 2. The lowest BCUT2D eigenvalue weighted by Gasteiger charge is -2.56. The van der Waals surface area contributed by atoms with Crippen LogP contribution in [0.2, 0.25) is 0 Å². The largest absolute Gasteiger partial charge is 0.481 e. The van der Waals surface area contributed by atoms with Gasteiger partial charge in [-0.05, 0) is 72.5 Å². The second-order valence-electron chi connectivity index (χ2n) is 12.4. The molecule has 0 radical (unpaired) electrons. The van der Waals surface area contributed by atoms with E-state index >= 15 is 0 Å². The smallest absolute Gasteiger partial charge is 0.309 e. The van der Waals surface area contributed by atoms with E-state index in [-0.39, 0.29) is 37.7 Å². The van der Waals surface area contributed by atoms with Crippen LogP contribution in [0, 0.1) is 11.8 Å². The summed E-state index contributed by atoms with van der Waals surface area (Å²) in [6, 6.07) is 30.7. The molecule has 1 aliphatic carbocycles. The van der Waals surface area contributed by atoms with E-state index in [1.807, 2.05) is 74.5 Å². The van der Waals surface area contributed by atoms with Crippen molar-refractivity contribution in [1.82, 2.24) is 9.80 Å². The number of hydrogen-bond donors (Lipinski definition) is 2. The van der Waals surface area contributed by atoms with Gasteiger partial charge in [0.15, 0.2) is 0 Å². The maximum absolute atomic E-state index is 13.9. The van der Waals surface area contributed by atoms with E-state index in [0.717, 1.165) is 0 Å². The summed E-state index contributed by atoms with van der Waals surface area (Å²) in [4.78, 5) is 56.0. The predicted octanol–water partition coefficient (Wildman–Crippen LogP) is 6.69. The third kappa shape index (κ3) is 8.49. The third-order valence-corrected chi connectivity index (χ3v) is 8.85. The monoisotopic (exact) mass is 678 g/mol. The first-order valence-electron chi connectivity index (χ1n) is 16.9. The lowest BCUT2D eigenvalue weighted by molar-refractivity contribution is -0.186. The Morgan fingerprint density at radius 1 is 0.520 bits per heavy atom. The van der Waals surface area contributed by atoms with Crippen molar-refractivity contribution < 1.29 is 38.9 Å². The van der Waals surface area contributed by atoms with E-state index in [9.17, 15) is 29.4 Å². The molecule has 10 heteroatoms. The van der Waals surface area contributed by atoms with Crippen molar-refractivity contribution in [1.29, 1.82) is 0 Å². The summed E-state index contributed by atoms with van der Waals surface area (Å²) in [5.74, 6) is -3.52. The Bertz CT molecular complexity index is 1620. The van der Waals surface area contributed by atoms with Gasteiger partial charge in [-0.25, -0.2) is 0 Å². The van der Waals surface area contributed by atoms with Crippen molar-refractivity contribution in [3.05, 3.63) is 120 Å². The highest BCUT2D eigenvalue weighted by Crippen LogP contribution is 2.43. The molecule has 1 saturated carbocycles. The number of carbonyl (C=O) groups is 4. The lowest BCUT2D eigenvalue weighted by atomic mass is 9.62. The van der Waals surface area contributed by atoms with Crippen LogP contribution in [0.15, 0.2) is 109 Å². The van der Waals surface area contributed by atoms with Gasteiger partial charge in [0.25, 0.3) is 0 Å². The minimum atomic E-state index is -1.38. The zero-order valence-electron chi connectivity index (χ0n) is 28.2. The maximum atomic E-state index is 13.9. The first-order chi connectivity index (χ1) is 24.2. The number of rotatable bonds is 16. The Balaban J connectivity index is 1.36. The number of para-hydroxylation sites is 2. The molecule has 0 saturated heterocycles. The van der Waals surface area contributed by atoms with Gasteiger partial charge >= 0.3 is 11.9 Å². The number of ether oxygens (including phenoxy) is 2. The van der Waals surface area contributed by atoms with E-state index in [2.05, 4.69) is 0 Å². The number of carbonyl (C=O) groups excluding carboxylic acids is 2. The Kier molecular flexibility index (Phi) is 11.9. The molecule has 0 heterocycles. The van der Waals surface area contributed by atoms with E-state index in [0.29, 0.717) is 47.0 Å². The quantitative estimate of drug-likeness (QED) is 0.134. The number of carboxylic acids is 2. The molecule has 0 aromatic heterocycles. The van der Waals surface area contributed by atoms with Gasteiger partial charge in [-0.15, -0.1) is 0 Å². The van der Waals surface area contributed by atoms with Crippen molar-refractivity contribution in [3.63, 3.8) is 0 Å². The molecule has 50 heavy (non-hydrogen) atoms. The summed E-state index contributed by atoms with van der Waals surface area (Å²) >= 11 is 0. The van der Waals surface area contributed by atoms with Crippen LogP contribution in [0.3, 0.4) is 0 Å². The van der Waals surface area contributed by atoms with Crippen LogP contribution in [-0.4, -0.2) is 68.9 Å². The number of nitrogens with zero attached hydrogens (tertiary/aromatic N) is 2. The first-order valence-corrected chi connectivity index (χ1v) is 16.9. The predicted molar refractivity (Wildman–Crippen MR) is 187 cm³/mol. The molecule has 2 amide bonds. The van der Waals surface area contributed by atoms with Gasteiger partial charge in [-0.2, -0.15) is 0 Å². The highest BCUT2D eigenvalue weighted by molar-refractivity contribution is 5.89. The number of aliphatic carboxylic acids is 2. The summed E-state index contributed by atoms with van der Waals surface area (Å²) < 4.78 is 11.7. The van der Waals surface area contributed by atoms with Crippen molar-refractivity contribution in [3.8, 4) is 23.0 Å². The van der Waals surface area contributed by atoms with Crippen molar-refractivity contribution in [2.45, 2.75) is 51.6 Å². The molecular weight excluding hydrogens is 636 g/mol. The molecule has 1 fully saturated rings. The SMILES string of the molecule is CCCN(C(=O)Cc1ccc(Oc2ccccc2)cc1)[C@@H]1[C@H](C(=O)O)[C@@H](C(=O)O)[C@H]1N(CCC)C(=O)Cc1ccc(Oc2ccccc2)cc1. The second-order valence-corrected chi connectivity index (χ2v) is 12.4. The zero-order chi connectivity index (χ0) is 35.6. The van der Waals surface area contributed by atoms with Gasteiger partial charge in [0.1, 0.15) is 23.0 Å². The van der Waals surface area contributed by atoms with Gasteiger partial charge in [-0.3, -0.25) is 19.2 Å². The molecule has 10 nitrogen and oxygen atoms in total. The molecule has 2 N–H and O–H groups in total. The Morgan fingerprint density at radius 2 is 0.840 bits per heavy atom. The Morgan fingerprint density at radius 3 is 1.14 bits per heavy atom. The third-order valence-electron chi connectivity index (χ3n) is 8.85. The number of hydrogen-bond acceptors (Lipinski definition) is 6. The summed E-state index contributed by atoms with van der Waals surface area (Å²) in [5, 5.41) is 20.5. The highest BCUT2D eigenvalue weighted by atomic mass is 16.5. The standard InChI is InChI=1S/C40H42N2O8/c1-3-23-41(33(43)25-27-15-19-31(20-16-27)49-29-11-7-5-8-12-29)37-35(39(45)46)36(40(47)48)38(37)42(24-4-2)34(44)26-28-17-21-32(22-18-28)50-30-13-9-6-10-14-30/h5-22,35-38H,3-4,23-26H2,1-2H3,(H,45,46)(H,47,48)/t35-,36-,37-,38-/m1/s1. The molecule has 5 rings (SSSR count). The van der Waals surface area contributed by atoms with Crippen LogP contribution in [0.1, 0.15) is 37.8 Å². The van der Waals surface area contributed by atoms with Crippen LogP contribution >= 0.6 is 0 Å². The van der Waals surface area contributed by atoms with E-state index in [4.69, 9.17) is 9.47 Å². The Labute approximate surface area is 291 Å². The second kappa shape index (κ2) is 16.6. The molecule has 4 aromatic rings. The molecule has 0 bridgehead atoms. The fraction of sp³-hybridized carbons (Fsp3) is 0.300. The highest BCUT2D eigenvalue weighted by Gasteiger charge is 2.63. The van der Waals surface area contributed by atoms with Gasteiger partial charge in [0.2, 0.25) is 11.8 Å². The molecule has 1 aliphatic rings. The van der Waals surface area contributed by atoms with Crippen LogP contribution in [0.5, 0.6) is 23.0 Å². The molecule has 0 aliphatic heterocycles. The van der Waals surface area contributed by atoms with E-state index < -0.39 is 35.9 Å². The average Bonchev–Trinajstić information content (AvgIpc) is 3.09. The fourth-order valence-corrected chi connectivity index (χ4v) is 6.57. The van der Waals surface area contributed by atoms with Crippen LogP contribution in [0.25, 0.3) is 0 Å². The molecule has 4 aromatic carbocycles. The van der Waals surface area contributed by atoms with Crippen molar-refractivity contribution >= 4 is 23.8 Å². The fourth-order valence-electron chi connectivity index (χ4n) is 6.57. The first kappa shape index (κ1) is 35.7. The van der Waals surface area contributed by atoms with Crippen molar-refractivity contribution in [2.24, 2.45) is 11.8 Å². The minimum Gasteiger partial charge on any atom is -0.481 e. The van der Waals surface area contributed by atoms with Crippen LogP contribution in [0.4, 0.5) is 0 Å². The van der Waals surface area contributed by atoms with E-state index in [1.54, 1.807) is 48.5 Å². The number of benzene rings is 4. The maximum Gasteiger partial charge on any atom is 0.309 e. The summed E-state index contributed by atoms with van der Waals surface area (Å²) in [6.07, 6.45) is 0.972. The lowest BCUT2D eigenvalue weighted by Crippen LogP contribution is -2.74. The average molecular weight is 679 g/mol. The molecular formula is C40H42N2O8. The van der Waals surface area contributed by atoms with Gasteiger partial charge < -0.3 is 29.5 Å². The topological polar surface area (TPSA) is 134 Å². The van der Waals surface area contributed by atoms with Gasteiger partial charge in [-0.1, -0.05) is 74.5 Å². The zero-order valence-corrected chi connectivity index (χ0v) is 28.2. The number of amides is 2. The van der Waals surface area contributed by atoms with Gasteiger partial charge in [0, 0.05) is 13.1 Å². The summed E-state index contributed by atoms with van der Waals surface area (Å²) in [6.45, 7) is 4.16. The minimum absolute atomic E-state index is 0.0297. The van der Waals surface area contributed by atoms with Crippen LogP contribution < -0.4 is 9.47 Å². The van der Waals surface area contributed by atoms with Crippen LogP contribution in [-0.2, 0) is 32.0 Å². The normalized spacial score (nSPS) is 18.0. The Hall–Kier alpha value is -5.64. The summed E-state index contributed by atoms with van der Waals surface area (Å²) in [7, 11) is 0. The molecule has 260 valence electrons.